The molecule has 0 saturated carbocycles. The molecule has 0 bridgehead atoms. The van der Waals surface area contributed by atoms with Crippen molar-refractivity contribution in [3.8, 4) is 0 Å². The van der Waals surface area contributed by atoms with Crippen LogP contribution < -0.4 is 11.3 Å². The second-order valence-electron chi connectivity index (χ2n) is 3.27. The van der Waals surface area contributed by atoms with Gasteiger partial charge in [0.25, 0.3) is 5.91 Å². The molecule has 15 heavy (non-hydrogen) atoms. The number of amides is 1. The van der Waals surface area contributed by atoms with Crippen molar-refractivity contribution in [1.82, 2.24) is 9.99 Å². The number of hydrazine groups is 1. The number of carbonyl (C=O) groups excluding carboxylic acids is 1. The van der Waals surface area contributed by atoms with E-state index in [0.717, 1.165) is 15.5 Å². The zero-order valence-electron chi connectivity index (χ0n) is 8.12. The Morgan fingerprint density at radius 3 is 2.87 bits per heavy atom. The Morgan fingerprint density at radius 2 is 2.20 bits per heavy atom. The lowest BCUT2D eigenvalue weighted by molar-refractivity contribution is 0.0954. The monoisotopic (exact) mass is 267 g/mol. The third-order valence-electron chi connectivity index (χ3n) is 2.38. The maximum atomic E-state index is 11.3. The summed E-state index contributed by atoms with van der Waals surface area (Å²) in [5.74, 6) is 4.79. The first-order valence-electron chi connectivity index (χ1n) is 4.39. The molecule has 0 aliphatic rings. The lowest BCUT2D eigenvalue weighted by Gasteiger charge is -2.00. The standard InChI is InChI=1S/C10H10BrN3O/c1-14-8-3-2-6(10(15)13-12)4-7(8)5-9(14)11/h2-5H,12H2,1H3,(H,13,15). The van der Waals surface area contributed by atoms with Crippen LogP contribution in [0.2, 0.25) is 0 Å². The van der Waals surface area contributed by atoms with E-state index in [4.69, 9.17) is 5.84 Å². The Kier molecular flexibility index (Phi) is 2.50. The van der Waals surface area contributed by atoms with Gasteiger partial charge in [0, 0.05) is 23.5 Å². The van der Waals surface area contributed by atoms with Crippen molar-refractivity contribution in [2.75, 3.05) is 0 Å². The maximum absolute atomic E-state index is 11.3. The third kappa shape index (κ3) is 1.64. The van der Waals surface area contributed by atoms with E-state index in [1.807, 2.05) is 29.8 Å². The van der Waals surface area contributed by atoms with Gasteiger partial charge in [-0.1, -0.05) is 0 Å². The van der Waals surface area contributed by atoms with Crippen molar-refractivity contribution in [2.45, 2.75) is 0 Å². The fourth-order valence-electron chi connectivity index (χ4n) is 1.54. The highest BCUT2D eigenvalue weighted by atomic mass is 79.9. The zero-order chi connectivity index (χ0) is 11.0. The van der Waals surface area contributed by atoms with E-state index in [1.54, 1.807) is 6.07 Å². The van der Waals surface area contributed by atoms with Gasteiger partial charge in [0.1, 0.15) is 0 Å². The Bertz CT molecular complexity index is 533. The highest BCUT2D eigenvalue weighted by molar-refractivity contribution is 9.10. The summed E-state index contributed by atoms with van der Waals surface area (Å²) in [5, 5.41) is 1.01. The highest BCUT2D eigenvalue weighted by Gasteiger charge is 2.07. The Morgan fingerprint density at radius 1 is 1.47 bits per heavy atom. The molecule has 0 radical (unpaired) electrons. The zero-order valence-corrected chi connectivity index (χ0v) is 9.71. The second-order valence-corrected chi connectivity index (χ2v) is 4.09. The summed E-state index contributed by atoms with van der Waals surface area (Å²) in [7, 11) is 1.95. The molecule has 0 saturated heterocycles. The van der Waals surface area contributed by atoms with E-state index in [9.17, 15) is 4.79 Å². The molecular weight excluding hydrogens is 258 g/mol. The van der Waals surface area contributed by atoms with E-state index < -0.39 is 0 Å². The van der Waals surface area contributed by atoms with Gasteiger partial charge in [-0.25, -0.2) is 5.84 Å². The molecule has 78 valence electrons. The number of nitrogens with one attached hydrogen (secondary N) is 1. The molecule has 0 aliphatic carbocycles. The number of benzene rings is 1. The predicted molar refractivity (Wildman–Crippen MR) is 62.3 cm³/mol. The first-order chi connectivity index (χ1) is 7.13. The number of carbonyl (C=O) groups is 1. The molecule has 1 amide bonds. The van der Waals surface area contributed by atoms with Crippen molar-refractivity contribution < 1.29 is 4.79 Å². The number of nitrogen functional groups attached to an aromatic ring is 1. The van der Waals surface area contributed by atoms with E-state index in [2.05, 4.69) is 21.4 Å². The van der Waals surface area contributed by atoms with Crippen molar-refractivity contribution >= 4 is 32.7 Å². The van der Waals surface area contributed by atoms with Gasteiger partial charge in [-0.2, -0.15) is 0 Å². The topological polar surface area (TPSA) is 60.0 Å². The fourth-order valence-corrected chi connectivity index (χ4v) is 1.98. The summed E-state index contributed by atoms with van der Waals surface area (Å²) < 4.78 is 2.97. The molecule has 1 heterocycles. The second kappa shape index (κ2) is 3.67. The van der Waals surface area contributed by atoms with Crippen molar-refractivity contribution in [1.29, 1.82) is 0 Å². The fraction of sp³-hybridized carbons (Fsp3) is 0.100. The first kappa shape index (κ1) is 10.2. The Hall–Kier alpha value is -1.33. The molecule has 0 atom stereocenters. The molecule has 3 N–H and O–H groups in total. The summed E-state index contributed by atoms with van der Waals surface area (Å²) in [6.45, 7) is 0. The normalized spacial score (nSPS) is 10.6. The van der Waals surface area contributed by atoms with E-state index in [0.29, 0.717) is 5.56 Å². The van der Waals surface area contributed by atoms with E-state index in [-0.39, 0.29) is 5.91 Å². The number of nitrogens with two attached hydrogens (primary N) is 1. The Labute approximate surface area is 95.2 Å². The van der Waals surface area contributed by atoms with Crippen LogP contribution in [0.15, 0.2) is 28.9 Å². The molecule has 1 aromatic heterocycles. The quantitative estimate of drug-likeness (QED) is 0.468. The summed E-state index contributed by atoms with van der Waals surface area (Å²) >= 11 is 3.42. The minimum absolute atomic E-state index is 0.281. The van der Waals surface area contributed by atoms with Crippen LogP contribution in [-0.4, -0.2) is 10.5 Å². The molecular formula is C10H10BrN3O. The van der Waals surface area contributed by atoms with Gasteiger partial charge < -0.3 is 4.57 Å². The molecule has 1 aromatic carbocycles. The van der Waals surface area contributed by atoms with Crippen LogP contribution in [0.5, 0.6) is 0 Å². The molecule has 5 heteroatoms. The number of hydrogen-bond donors (Lipinski definition) is 2. The number of hydrogen-bond acceptors (Lipinski definition) is 2. The first-order valence-corrected chi connectivity index (χ1v) is 5.18. The van der Waals surface area contributed by atoms with Crippen LogP contribution in [0, 0.1) is 0 Å². The molecule has 0 fully saturated rings. The average Bonchev–Trinajstić information content (AvgIpc) is 2.53. The van der Waals surface area contributed by atoms with E-state index >= 15 is 0 Å². The molecule has 2 aromatic rings. The number of halogens is 1. The molecule has 4 nitrogen and oxygen atoms in total. The molecule has 0 unspecified atom stereocenters. The van der Waals surface area contributed by atoms with Gasteiger partial charge in [0.05, 0.1) is 4.60 Å². The smallest absolute Gasteiger partial charge is 0.265 e. The summed E-state index contributed by atoms with van der Waals surface area (Å²) in [5.41, 5.74) is 3.73. The summed E-state index contributed by atoms with van der Waals surface area (Å²) in [6.07, 6.45) is 0. The van der Waals surface area contributed by atoms with Crippen LogP contribution in [0.1, 0.15) is 10.4 Å². The third-order valence-corrected chi connectivity index (χ3v) is 3.14. The van der Waals surface area contributed by atoms with Crippen molar-refractivity contribution in [3.05, 3.63) is 34.4 Å². The van der Waals surface area contributed by atoms with Crippen molar-refractivity contribution in [2.24, 2.45) is 12.9 Å². The highest BCUT2D eigenvalue weighted by Crippen LogP contribution is 2.23. The van der Waals surface area contributed by atoms with Gasteiger partial charge in [0.15, 0.2) is 0 Å². The van der Waals surface area contributed by atoms with Gasteiger partial charge in [0.2, 0.25) is 0 Å². The van der Waals surface area contributed by atoms with Crippen molar-refractivity contribution in [3.63, 3.8) is 0 Å². The van der Waals surface area contributed by atoms with Crippen LogP contribution in [0.4, 0.5) is 0 Å². The molecule has 0 spiro atoms. The number of nitrogens with zero attached hydrogens (tertiary/aromatic N) is 1. The average molecular weight is 268 g/mol. The van der Waals surface area contributed by atoms with Gasteiger partial charge in [-0.3, -0.25) is 10.2 Å². The van der Waals surface area contributed by atoms with Crippen LogP contribution in [0.25, 0.3) is 10.9 Å². The van der Waals surface area contributed by atoms with Gasteiger partial charge >= 0.3 is 0 Å². The summed E-state index contributed by atoms with van der Waals surface area (Å²) in [6, 6.07) is 7.41. The number of aromatic nitrogens is 1. The van der Waals surface area contributed by atoms with E-state index in [1.165, 1.54) is 0 Å². The SMILES string of the molecule is Cn1c(Br)cc2cc(C(=O)NN)ccc21. The minimum Gasteiger partial charge on any atom is -0.338 e. The maximum Gasteiger partial charge on any atom is 0.265 e. The minimum atomic E-state index is -0.281. The largest absolute Gasteiger partial charge is 0.338 e. The van der Waals surface area contributed by atoms with Gasteiger partial charge in [-0.15, -0.1) is 0 Å². The van der Waals surface area contributed by atoms with Crippen LogP contribution in [0.3, 0.4) is 0 Å². The van der Waals surface area contributed by atoms with Gasteiger partial charge in [-0.05, 0) is 40.2 Å². The molecule has 2 rings (SSSR count). The number of aryl methyl sites for hydroxylation is 1. The number of fused-ring (bicyclic) bond motifs is 1. The summed E-state index contributed by atoms with van der Waals surface area (Å²) in [4.78, 5) is 11.3. The van der Waals surface area contributed by atoms with Crippen LogP contribution >= 0.6 is 15.9 Å². The number of rotatable bonds is 1. The van der Waals surface area contributed by atoms with Crippen LogP contribution in [-0.2, 0) is 7.05 Å². The molecule has 0 aliphatic heterocycles. The lowest BCUT2D eigenvalue weighted by Crippen LogP contribution is -2.29. The Balaban J connectivity index is 2.62. The lowest BCUT2D eigenvalue weighted by atomic mass is 10.1. The predicted octanol–water partition coefficient (Wildman–Crippen LogP) is 1.54.